The SMILES string of the molecule is [O-]c1c(Cl)cc(Cl)cc1C[NH2+]CCOCCO. The summed E-state index contributed by atoms with van der Waals surface area (Å²) >= 11 is 11.6. The minimum atomic E-state index is -0.177. The Morgan fingerprint density at radius 3 is 2.76 bits per heavy atom. The maximum absolute atomic E-state index is 11.6. The standard InChI is InChI=1S/C11H15Cl2NO3/c12-9-5-8(11(16)10(13)6-9)7-14-1-3-17-4-2-15/h5-6,14-16H,1-4,7H2. The molecule has 17 heavy (non-hydrogen) atoms. The van der Waals surface area contributed by atoms with Crippen LogP contribution >= 0.6 is 23.2 Å². The largest absolute Gasteiger partial charge is 0.871 e. The Morgan fingerprint density at radius 1 is 1.29 bits per heavy atom. The second-order valence-corrected chi connectivity index (χ2v) is 4.34. The fourth-order valence-corrected chi connectivity index (χ4v) is 1.89. The zero-order valence-corrected chi connectivity index (χ0v) is 10.8. The number of hydrogen-bond acceptors (Lipinski definition) is 3. The van der Waals surface area contributed by atoms with E-state index in [0.717, 1.165) is 0 Å². The van der Waals surface area contributed by atoms with E-state index < -0.39 is 0 Å². The molecule has 0 bridgehead atoms. The van der Waals surface area contributed by atoms with E-state index in [9.17, 15) is 5.11 Å². The predicted octanol–water partition coefficient (Wildman–Crippen LogP) is 0.139. The summed E-state index contributed by atoms with van der Waals surface area (Å²) < 4.78 is 5.09. The monoisotopic (exact) mass is 279 g/mol. The summed E-state index contributed by atoms with van der Waals surface area (Å²) in [4.78, 5) is 0. The van der Waals surface area contributed by atoms with Gasteiger partial charge in [-0.1, -0.05) is 29.0 Å². The van der Waals surface area contributed by atoms with Crippen LogP contribution in [0, 0.1) is 0 Å². The summed E-state index contributed by atoms with van der Waals surface area (Å²) in [5, 5.41) is 22.7. The highest BCUT2D eigenvalue weighted by molar-refractivity contribution is 6.35. The average Bonchev–Trinajstić information content (AvgIpc) is 2.29. The molecule has 0 radical (unpaired) electrons. The number of ether oxygens (including phenoxy) is 1. The number of benzene rings is 1. The van der Waals surface area contributed by atoms with Gasteiger partial charge in [0.1, 0.15) is 6.54 Å². The Kier molecular flexibility index (Phi) is 6.62. The summed E-state index contributed by atoms with van der Waals surface area (Å²) in [6, 6.07) is 3.07. The van der Waals surface area contributed by atoms with E-state index in [1.165, 1.54) is 6.07 Å². The van der Waals surface area contributed by atoms with Gasteiger partial charge in [-0.25, -0.2) is 0 Å². The first-order valence-electron chi connectivity index (χ1n) is 5.30. The number of quaternary nitrogens is 1. The zero-order chi connectivity index (χ0) is 12.7. The Morgan fingerprint density at radius 2 is 2.06 bits per heavy atom. The number of aliphatic hydroxyl groups is 1. The van der Waals surface area contributed by atoms with Crippen molar-refractivity contribution in [1.82, 2.24) is 0 Å². The molecule has 4 nitrogen and oxygen atoms in total. The van der Waals surface area contributed by atoms with Gasteiger partial charge in [0.25, 0.3) is 0 Å². The van der Waals surface area contributed by atoms with Crippen LogP contribution in [0.1, 0.15) is 5.56 Å². The molecule has 0 aliphatic rings. The summed E-state index contributed by atoms with van der Waals surface area (Å²) in [6.45, 7) is 2.12. The first kappa shape index (κ1) is 14.5. The number of rotatable bonds is 7. The van der Waals surface area contributed by atoms with E-state index in [4.69, 9.17) is 33.0 Å². The van der Waals surface area contributed by atoms with Crippen LogP contribution in [-0.2, 0) is 11.3 Å². The average molecular weight is 280 g/mol. The van der Waals surface area contributed by atoms with E-state index in [0.29, 0.717) is 36.9 Å². The molecule has 0 amide bonds. The van der Waals surface area contributed by atoms with Crippen molar-refractivity contribution in [1.29, 1.82) is 0 Å². The van der Waals surface area contributed by atoms with Gasteiger partial charge in [-0.3, -0.25) is 0 Å². The molecule has 1 rings (SSSR count). The highest BCUT2D eigenvalue weighted by atomic mass is 35.5. The van der Waals surface area contributed by atoms with Crippen molar-refractivity contribution in [3.8, 4) is 5.75 Å². The van der Waals surface area contributed by atoms with Gasteiger partial charge < -0.3 is 20.3 Å². The first-order valence-corrected chi connectivity index (χ1v) is 6.06. The van der Waals surface area contributed by atoms with Crippen LogP contribution in [-0.4, -0.2) is 31.5 Å². The van der Waals surface area contributed by atoms with Gasteiger partial charge in [0.15, 0.2) is 0 Å². The maximum Gasteiger partial charge on any atom is 0.101 e. The van der Waals surface area contributed by atoms with Gasteiger partial charge in [-0.2, -0.15) is 0 Å². The van der Waals surface area contributed by atoms with Crippen molar-refractivity contribution in [2.45, 2.75) is 6.54 Å². The lowest BCUT2D eigenvalue weighted by Crippen LogP contribution is -2.83. The van der Waals surface area contributed by atoms with Crippen molar-refractivity contribution in [3.63, 3.8) is 0 Å². The Labute approximate surface area is 110 Å². The minimum Gasteiger partial charge on any atom is -0.871 e. The van der Waals surface area contributed by atoms with Crippen LogP contribution in [0.3, 0.4) is 0 Å². The Balaban J connectivity index is 2.36. The molecule has 1 aromatic carbocycles. The highest BCUT2D eigenvalue weighted by Crippen LogP contribution is 2.28. The zero-order valence-electron chi connectivity index (χ0n) is 9.29. The van der Waals surface area contributed by atoms with E-state index in [1.54, 1.807) is 6.07 Å². The second-order valence-electron chi connectivity index (χ2n) is 3.49. The predicted molar refractivity (Wildman–Crippen MR) is 64.3 cm³/mol. The molecule has 0 saturated heterocycles. The van der Waals surface area contributed by atoms with Crippen molar-refractivity contribution >= 4 is 23.2 Å². The normalized spacial score (nSPS) is 10.8. The maximum atomic E-state index is 11.6. The third kappa shape index (κ3) is 5.10. The van der Waals surface area contributed by atoms with E-state index in [1.807, 2.05) is 5.32 Å². The Hall–Kier alpha value is -0.520. The molecule has 0 heterocycles. The molecule has 1 aromatic rings. The Bertz CT molecular complexity index is 361. The van der Waals surface area contributed by atoms with Crippen molar-refractivity contribution in [2.24, 2.45) is 0 Å². The highest BCUT2D eigenvalue weighted by Gasteiger charge is 2.03. The molecule has 0 aromatic heterocycles. The van der Waals surface area contributed by atoms with Crippen LogP contribution in [0.2, 0.25) is 10.0 Å². The summed E-state index contributed by atoms with van der Waals surface area (Å²) in [5.74, 6) is -0.177. The van der Waals surface area contributed by atoms with Gasteiger partial charge in [0, 0.05) is 15.6 Å². The fraction of sp³-hybridized carbons (Fsp3) is 0.455. The third-order valence-electron chi connectivity index (χ3n) is 2.15. The summed E-state index contributed by atoms with van der Waals surface area (Å²) in [6.07, 6.45) is 0. The molecule has 0 spiro atoms. The van der Waals surface area contributed by atoms with Gasteiger partial charge >= 0.3 is 0 Å². The second kappa shape index (κ2) is 7.74. The van der Waals surface area contributed by atoms with Crippen LogP contribution in [0.5, 0.6) is 5.75 Å². The smallest absolute Gasteiger partial charge is 0.101 e. The van der Waals surface area contributed by atoms with Crippen LogP contribution in [0.25, 0.3) is 0 Å². The van der Waals surface area contributed by atoms with Crippen molar-refractivity contribution < 1.29 is 20.3 Å². The quantitative estimate of drug-likeness (QED) is 0.698. The van der Waals surface area contributed by atoms with E-state index in [2.05, 4.69) is 0 Å². The summed E-state index contributed by atoms with van der Waals surface area (Å²) in [7, 11) is 0. The summed E-state index contributed by atoms with van der Waals surface area (Å²) in [5.41, 5.74) is 0.588. The van der Waals surface area contributed by atoms with Gasteiger partial charge in [-0.15, -0.1) is 0 Å². The first-order chi connectivity index (χ1) is 8.15. The van der Waals surface area contributed by atoms with Gasteiger partial charge in [0.2, 0.25) is 0 Å². The van der Waals surface area contributed by atoms with Crippen LogP contribution in [0.4, 0.5) is 0 Å². The number of hydrogen-bond donors (Lipinski definition) is 2. The fourth-order valence-electron chi connectivity index (χ4n) is 1.36. The number of nitrogens with two attached hydrogens (primary N) is 1. The molecular weight excluding hydrogens is 265 g/mol. The van der Waals surface area contributed by atoms with Crippen LogP contribution in [0.15, 0.2) is 12.1 Å². The van der Waals surface area contributed by atoms with E-state index >= 15 is 0 Å². The van der Waals surface area contributed by atoms with Crippen molar-refractivity contribution in [3.05, 3.63) is 27.7 Å². The molecule has 0 aliphatic carbocycles. The third-order valence-corrected chi connectivity index (χ3v) is 2.65. The molecule has 0 atom stereocenters. The van der Waals surface area contributed by atoms with Gasteiger partial charge in [-0.05, 0) is 12.1 Å². The lowest BCUT2D eigenvalue weighted by molar-refractivity contribution is -0.672. The van der Waals surface area contributed by atoms with Crippen LogP contribution < -0.4 is 10.4 Å². The lowest BCUT2D eigenvalue weighted by atomic mass is 10.2. The molecule has 6 heteroatoms. The van der Waals surface area contributed by atoms with Gasteiger partial charge in [0.05, 0.1) is 26.4 Å². The molecule has 96 valence electrons. The molecular formula is C11H15Cl2NO3. The topological polar surface area (TPSA) is 69.1 Å². The van der Waals surface area contributed by atoms with E-state index in [-0.39, 0.29) is 17.4 Å². The number of aliphatic hydroxyl groups excluding tert-OH is 1. The lowest BCUT2D eigenvalue weighted by Gasteiger charge is -2.14. The molecule has 0 fully saturated rings. The van der Waals surface area contributed by atoms with Crippen molar-refractivity contribution in [2.75, 3.05) is 26.4 Å². The molecule has 0 unspecified atom stereocenters. The number of halogens is 2. The molecule has 3 N–H and O–H groups in total. The molecule has 0 saturated carbocycles. The molecule has 0 aliphatic heterocycles. The minimum absolute atomic E-state index is 0.0224.